The molecule has 1 N–H and O–H groups in total. The number of ether oxygens (including phenoxy) is 2. The van der Waals surface area contributed by atoms with Crippen LogP contribution in [-0.2, 0) is 6.54 Å². The van der Waals surface area contributed by atoms with Gasteiger partial charge in [-0.15, -0.1) is 0 Å². The van der Waals surface area contributed by atoms with Gasteiger partial charge in [0.1, 0.15) is 17.2 Å². The quantitative estimate of drug-likeness (QED) is 0.877. The SMILES string of the molecule is COc1ccc(OC)c(-c2ccc(O)c(CN(C)C(C)C)c2)c1. The average Bonchev–Trinajstić information content (AvgIpc) is 2.56. The second-order valence-electron chi connectivity index (χ2n) is 5.92. The molecule has 0 heterocycles. The summed E-state index contributed by atoms with van der Waals surface area (Å²) < 4.78 is 10.8. The lowest BCUT2D eigenvalue weighted by molar-refractivity contribution is 0.262. The molecule has 0 bridgehead atoms. The minimum Gasteiger partial charge on any atom is -0.508 e. The Morgan fingerprint density at radius 1 is 1.04 bits per heavy atom. The number of aromatic hydroxyl groups is 1. The Balaban J connectivity index is 2.44. The Kier molecular flexibility index (Phi) is 5.50. The van der Waals surface area contributed by atoms with Gasteiger partial charge in [-0.2, -0.15) is 0 Å². The van der Waals surface area contributed by atoms with E-state index in [1.165, 1.54) is 0 Å². The number of benzene rings is 2. The molecule has 23 heavy (non-hydrogen) atoms. The first-order valence-electron chi connectivity index (χ1n) is 7.70. The smallest absolute Gasteiger partial charge is 0.126 e. The molecule has 0 aliphatic rings. The lowest BCUT2D eigenvalue weighted by Gasteiger charge is -2.22. The van der Waals surface area contributed by atoms with Crippen molar-refractivity contribution in [3.05, 3.63) is 42.0 Å². The molecule has 0 atom stereocenters. The molecule has 0 spiro atoms. The highest BCUT2D eigenvalue weighted by Gasteiger charge is 2.12. The highest BCUT2D eigenvalue weighted by atomic mass is 16.5. The van der Waals surface area contributed by atoms with Crippen LogP contribution in [0.5, 0.6) is 17.2 Å². The Hall–Kier alpha value is -2.20. The molecule has 0 unspecified atom stereocenters. The number of methoxy groups -OCH3 is 2. The summed E-state index contributed by atoms with van der Waals surface area (Å²) in [6, 6.07) is 11.7. The summed E-state index contributed by atoms with van der Waals surface area (Å²) in [4.78, 5) is 2.18. The van der Waals surface area contributed by atoms with Crippen molar-refractivity contribution in [3.8, 4) is 28.4 Å². The first-order valence-corrected chi connectivity index (χ1v) is 7.70. The van der Waals surface area contributed by atoms with Gasteiger partial charge >= 0.3 is 0 Å². The van der Waals surface area contributed by atoms with E-state index in [4.69, 9.17) is 9.47 Å². The first kappa shape index (κ1) is 17.2. The number of hydrogen-bond donors (Lipinski definition) is 1. The van der Waals surface area contributed by atoms with Crippen LogP contribution in [0.4, 0.5) is 0 Å². The third kappa shape index (κ3) is 3.96. The van der Waals surface area contributed by atoms with E-state index in [9.17, 15) is 5.11 Å². The molecule has 0 aliphatic carbocycles. The number of phenolic OH excluding ortho intramolecular Hbond substituents is 1. The summed E-state index contributed by atoms with van der Waals surface area (Å²) in [5, 5.41) is 10.2. The maximum atomic E-state index is 10.2. The van der Waals surface area contributed by atoms with Gasteiger partial charge in [0.2, 0.25) is 0 Å². The third-order valence-electron chi connectivity index (χ3n) is 4.10. The Morgan fingerprint density at radius 2 is 1.78 bits per heavy atom. The molecular weight excluding hydrogens is 290 g/mol. The highest BCUT2D eigenvalue weighted by Crippen LogP contribution is 2.35. The zero-order valence-electron chi connectivity index (χ0n) is 14.5. The maximum absolute atomic E-state index is 10.2. The van der Waals surface area contributed by atoms with E-state index in [2.05, 4.69) is 18.7 Å². The van der Waals surface area contributed by atoms with Crippen LogP contribution in [0.15, 0.2) is 36.4 Å². The second kappa shape index (κ2) is 7.38. The van der Waals surface area contributed by atoms with Crippen molar-refractivity contribution < 1.29 is 14.6 Å². The van der Waals surface area contributed by atoms with Crippen LogP contribution in [-0.4, -0.2) is 37.3 Å². The highest BCUT2D eigenvalue weighted by molar-refractivity contribution is 5.73. The van der Waals surface area contributed by atoms with Crippen LogP contribution in [0.25, 0.3) is 11.1 Å². The molecule has 2 rings (SSSR count). The molecule has 0 aliphatic heterocycles. The first-order chi connectivity index (χ1) is 11.0. The molecule has 4 nitrogen and oxygen atoms in total. The van der Waals surface area contributed by atoms with Gasteiger partial charge in [-0.05, 0) is 56.8 Å². The van der Waals surface area contributed by atoms with Gasteiger partial charge < -0.3 is 14.6 Å². The van der Waals surface area contributed by atoms with Crippen molar-refractivity contribution in [3.63, 3.8) is 0 Å². The lowest BCUT2D eigenvalue weighted by Crippen LogP contribution is -2.25. The van der Waals surface area contributed by atoms with E-state index in [0.29, 0.717) is 18.3 Å². The largest absolute Gasteiger partial charge is 0.508 e. The van der Waals surface area contributed by atoms with Crippen LogP contribution in [0.3, 0.4) is 0 Å². The molecule has 0 saturated carbocycles. The van der Waals surface area contributed by atoms with E-state index < -0.39 is 0 Å². The van der Waals surface area contributed by atoms with Crippen LogP contribution in [0.2, 0.25) is 0 Å². The van der Waals surface area contributed by atoms with Gasteiger partial charge in [-0.3, -0.25) is 4.90 Å². The normalized spacial score (nSPS) is 11.1. The fraction of sp³-hybridized carbons (Fsp3) is 0.368. The summed E-state index contributed by atoms with van der Waals surface area (Å²) in [6.45, 7) is 4.95. The van der Waals surface area contributed by atoms with Crippen LogP contribution in [0.1, 0.15) is 19.4 Å². The molecule has 0 saturated heterocycles. The van der Waals surface area contributed by atoms with Crippen molar-refractivity contribution >= 4 is 0 Å². The summed E-state index contributed by atoms with van der Waals surface area (Å²) in [5.74, 6) is 1.86. The zero-order chi connectivity index (χ0) is 17.0. The van der Waals surface area contributed by atoms with Crippen LogP contribution < -0.4 is 9.47 Å². The Bertz CT molecular complexity index is 668. The summed E-state index contributed by atoms with van der Waals surface area (Å²) in [6.07, 6.45) is 0. The number of phenols is 1. The van der Waals surface area contributed by atoms with Crippen molar-refractivity contribution in [1.29, 1.82) is 0 Å². The molecule has 0 amide bonds. The minimum absolute atomic E-state index is 0.308. The van der Waals surface area contributed by atoms with Gasteiger partial charge in [-0.1, -0.05) is 6.07 Å². The van der Waals surface area contributed by atoms with Crippen molar-refractivity contribution in [1.82, 2.24) is 4.90 Å². The fourth-order valence-corrected chi connectivity index (χ4v) is 2.37. The van der Waals surface area contributed by atoms with E-state index in [0.717, 1.165) is 28.2 Å². The zero-order valence-corrected chi connectivity index (χ0v) is 14.5. The van der Waals surface area contributed by atoms with E-state index in [1.54, 1.807) is 20.3 Å². The standard InChI is InChI=1S/C19H25NO3/c1-13(2)20(3)12-15-10-14(6-8-18(15)21)17-11-16(22-4)7-9-19(17)23-5/h6-11,13,21H,12H2,1-5H3. The monoisotopic (exact) mass is 315 g/mol. The van der Waals surface area contributed by atoms with Gasteiger partial charge in [0, 0.05) is 23.7 Å². The summed E-state index contributed by atoms with van der Waals surface area (Å²) in [7, 11) is 5.34. The molecule has 124 valence electrons. The van der Waals surface area contributed by atoms with Crippen LogP contribution >= 0.6 is 0 Å². The topological polar surface area (TPSA) is 41.9 Å². The number of nitrogens with zero attached hydrogens (tertiary/aromatic N) is 1. The van der Waals surface area contributed by atoms with E-state index in [-0.39, 0.29) is 0 Å². The minimum atomic E-state index is 0.308. The number of rotatable bonds is 6. The third-order valence-corrected chi connectivity index (χ3v) is 4.10. The Labute approximate surface area is 138 Å². The lowest BCUT2D eigenvalue weighted by atomic mass is 10.0. The average molecular weight is 315 g/mol. The predicted molar refractivity (Wildman–Crippen MR) is 93.2 cm³/mol. The van der Waals surface area contributed by atoms with Gasteiger partial charge in [0.15, 0.2) is 0 Å². The molecule has 0 fully saturated rings. The fourth-order valence-electron chi connectivity index (χ4n) is 2.37. The predicted octanol–water partition coefficient (Wildman–Crippen LogP) is 3.92. The Morgan fingerprint density at radius 3 is 2.39 bits per heavy atom. The summed E-state index contributed by atoms with van der Waals surface area (Å²) in [5.41, 5.74) is 2.83. The van der Waals surface area contributed by atoms with Gasteiger partial charge in [0.25, 0.3) is 0 Å². The van der Waals surface area contributed by atoms with Gasteiger partial charge in [-0.25, -0.2) is 0 Å². The van der Waals surface area contributed by atoms with Gasteiger partial charge in [0.05, 0.1) is 14.2 Å². The van der Waals surface area contributed by atoms with Crippen molar-refractivity contribution in [2.45, 2.75) is 26.4 Å². The molecule has 0 aromatic heterocycles. The van der Waals surface area contributed by atoms with E-state index >= 15 is 0 Å². The van der Waals surface area contributed by atoms with Crippen LogP contribution in [0, 0.1) is 0 Å². The molecule has 2 aromatic carbocycles. The van der Waals surface area contributed by atoms with Crippen molar-refractivity contribution in [2.24, 2.45) is 0 Å². The van der Waals surface area contributed by atoms with E-state index in [1.807, 2.05) is 37.4 Å². The molecule has 2 aromatic rings. The molecule has 0 radical (unpaired) electrons. The number of hydrogen-bond acceptors (Lipinski definition) is 4. The molecular formula is C19H25NO3. The second-order valence-corrected chi connectivity index (χ2v) is 5.92. The molecule has 4 heteroatoms. The van der Waals surface area contributed by atoms with Crippen molar-refractivity contribution in [2.75, 3.05) is 21.3 Å². The maximum Gasteiger partial charge on any atom is 0.126 e. The summed E-state index contributed by atoms with van der Waals surface area (Å²) >= 11 is 0.